The van der Waals surface area contributed by atoms with E-state index < -0.39 is 18.4 Å². The van der Waals surface area contributed by atoms with Gasteiger partial charge in [0.15, 0.2) is 0 Å². The summed E-state index contributed by atoms with van der Waals surface area (Å²) in [6.45, 7) is 4.23. The molecule has 6 nitrogen and oxygen atoms in total. The van der Waals surface area contributed by atoms with Crippen LogP contribution in [-0.2, 0) is 21.4 Å². The highest BCUT2D eigenvalue weighted by Crippen LogP contribution is 2.55. The summed E-state index contributed by atoms with van der Waals surface area (Å²) in [7, 11) is 2.30. The fourth-order valence-corrected chi connectivity index (χ4v) is 5.44. The van der Waals surface area contributed by atoms with Crippen LogP contribution in [0.1, 0.15) is 49.7 Å². The highest BCUT2D eigenvalue weighted by molar-refractivity contribution is 5.91. The molecule has 1 aliphatic heterocycles. The minimum atomic E-state index is -1.27. The predicted molar refractivity (Wildman–Crippen MR) is 106 cm³/mol. The molecule has 3 N–H and O–H groups in total. The van der Waals surface area contributed by atoms with Gasteiger partial charge in [-0.05, 0) is 68.5 Å². The van der Waals surface area contributed by atoms with Crippen molar-refractivity contribution in [3.63, 3.8) is 0 Å². The maximum Gasteiger partial charge on any atom is 0.331 e. The van der Waals surface area contributed by atoms with Crippen LogP contribution >= 0.6 is 0 Å². The lowest BCUT2D eigenvalue weighted by Crippen LogP contribution is -2.59. The van der Waals surface area contributed by atoms with Crippen molar-refractivity contribution in [2.24, 2.45) is 5.92 Å². The number of benzene rings is 1. The van der Waals surface area contributed by atoms with Gasteiger partial charge in [-0.25, -0.2) is 4.79 Å². The summed E-state index contributed by atoms with van der Waals surface area (Å²) in [6, 6.07) is 6.85. The summed E-state index contributed by atoms with van der Waals surface area (Å²) in [5, 5.41) is 26.0. The van der Waals surface area contributed by atoms with Gasteiger partial charge < -0.3 is 20.2 Å². The smallest absolute Gasteiger partial charge is 0.331 e. The molecular weight excluding hydrogens is 358 g/mol. The van der Waals surface area contributed by atoms with Crippen LogP contribution in [0.4, 0.5) is 0 Å². The Balaban J connectivity index is 0.000000215. The Hall–Kier alpha value is -2.34. The van der Waals surface area contributed by atoms with Gasteiger partial charge in [-0.15, -0.1) is 0 Å². The second-order valence-electron chi connectivity index (χ2n) is 8.33. The monoisotopic (exact) mass is 387 g/mol. The topological polar surface area (TPSA) is 98.1 Å². The summed E-state index contributed by atoms with van der Waals surface area (Å²) in [5.41, 5.74) is 3.05. The van der Waals surface area contributed by atoms with Crippen LogP contribution in [0, 0.1) is 5.92 Å². The van der Waals surface area contributed by atoms with Gasteiger partial charge in [0.25, 0.3) is 0 Å². The molecule has 1 saturated heterocycles. The maximum absolute atomic E-state index is 9.91. The van der Waals surface area contributed by atoms with Crippen molar-refractivity contribution >= 4 is 11.9 Å². The molecule has 0 spiro atoms. The van der Waals surface area contributed by atoms with Crippen molar-refractivity contribution < 1.29 is 24.9 Å². The van der Waals surface area contributed by atoms with Crippen molar-refractivity contribution in [2.75, 3.05) is 13.6 Å². The first kappa shape index (κ1) is 20.4. The van der Waals surface area contributed by atoms with Crippen LogP contribution in [0.25, 0.3) is 0 Å². The molecule has 2 fully saturated rings. The van der Waals surface area contributed by atoms with Gasteiger partial charge >= 0.3 is 11.9 Å². The lowest BCUT2D eigenvalue weighted by Gasteiger charge is -2.58. The molecule has 2 bridgehead atoms. The van der Waals surface area contributed by atoms with Crippen LogP contribution in [0.3, 0.4) is 0 Å². The molecule has 0 radical (unpaired) electrons. The Morgan fingerprint density at radius 3 is 2.64 bits per heavy atom. The second kappa shape index (κ2) is 7.95. The van der Waals surface area contributed by atoms with E-state index in [-0.39, 0.29) is 5.57 Å². The van der Waals surface area contributed by atoms with E-state index in [0.29, 0.717) is 11.2 Å². The fraction of sp³-hybridized carbons (Fsp3) is 0.545. The summed E-state index contributed by atoms with van der Waals surface area (Å²) in [4.78, 5) is 22.2. The quantitative estimate of drug-likeness (QED) is 0.689. The number of likely N-dealkylation sites (tertiary alicyclic amines) is 1. The number of phenols is 1. The van der Waals surface area contributed by atoms with Crippen LogP contribution in [0.2, 0.25) is 0 Å². The van der Waals surface area contributed by atoms with Gasteiger partial charge in [0.2, 0.25) is 0 Å². The molecule has 0 aromatic heterocycles. The van der Waals surface area contributed by atoms with Crippen molar-refractivity contribution in [3.8, 4) is 5.75 Å². The van der Waals surface area contributed by atoms with E-state index in [2.05, 4.69) is 30.7 Å². The number of carboxylic acid groups (broad SMARTS) is 2. The third kappa shape index (κ3) is 3.78. The lowest BCUT2D eigenvalue weighted by molar-refractivity contribution is -0.139. The van der Waals surface area contributed by atoms with Crippen molar-refractivity contribution in [1.29, 1.82) is 0 Å². The van der Waals surface area contributed by atoms with Crippen molar-refractivity contribution in [3.05, 3.63) is 41.5 Å². The third-order valence-corrected chi connectivity index (χ3v) is 6.77. The Kier molecular flexibility index (Phi) is 5.79. The summed E-state index contributed by atoms with van der Waals surface area (Å²) >= 11 is 0. The Labute approximate surface area is 165 Å². The number of rotatable bonds is 3. The van der Waals surface area contributed by atoms with Crippen LogP contribution < -0.4 is 0 Å². The van der Waals surface area contributed by atoms with E-state index in [0.717, 1.165) is 12.0 Å². The standard InChI is InChI=1S/C17H23NO.C5H6O4/c1-18-9-8-17-7-3-2-4-14(17)16(18)10-12-5-6-13(19)11-15(12)17;1-3(5(8)9)2-4(6)7/h5-6,11,14,16,19H,2-4,7-10H2,1H3;1-2H2,(H,6,7)(H,8,9)/t14-,16+,17+;/m0./s1. The molecule has 6 heteroatoms. The zero-order valence-corrected chi connectivity index (χ0v) is 16.4. The average Bonchev–Trinajstić information content (AvgIpc) is 2.65. The fourth-order valence-electron chi connectivity index (χ4n) is 5.44. The molecule has 4 rings (SSSR count). The summed E-state index contributed by atoms with van der Waals surface area (Å²) < 4.78 is 0. The van der Waals surface area contributed by atoms with Gasteiger partial charge in [0.1, 0.15) is 5.75 Å². The van der Waals surface area contributed by atoms with E-state index >= 15 is 0 Å². The predicted octanol–water partition coefficient (Wildman–Crippen LogP) is 3.18. The molecule has 3 atom stereocenters. The van der Waals surface area contributed by atoms with E-state index in [9.17, 15) is 14.7 Å². The summed E-state index contributed by atoms with van der Waals surface area (Å²) in [5.74, 6) is -1.18. The van der Waals surface area contributed by atoms with Crippen LogP contribution in [0.15, 0.2) is 30.4 Å². The molecule has 0 amide bonds. The van der Waals surface area contributed by atoms with Crippen LogP contribution in [0.5, 0.6) is 5.75 Å². The number of nitrogens with zero attached hydrogens (tertiary/aromatic N) is 1. The normalized spacial score (nSPS) is 28.2. The SMILES string of the molecule is C=C(CC(=O)O)C(=O)O.CN1CC[C@]23CCCC[C@H]2[C@H]1Cc1ccc(O)cc13. The summed E-state index contributed by atoms with van der Waals surface area (Å²) in [6.07, 6.45) is 7.42. The average molecular weight is 387 g/mol. The zero-order chi connectivity index (χ0) is 20.5. The number of hydrogen-bond acceptors (Lipinski definition) is 4. The molecule has 2 aliphatic carbocycles. The molecular formula is C22H29NO5. The molecule has 28 heavy (non-hydrogen) atoms. The van der Waals surface area contributed by atoms with Crippen LogP contribution in [-0.4, -0.2) is 51.8 Å². The first-order valence-electron chi connectivity index (χ1n) is 9.90. The van der Waals surface area contributed by atoms with E-state index in [1.807, 2.05) is 6.07 Å². The van der Waals surface area contributed by atoms with Crippen molar-refractivity contribution in [2.45, 2.75) is 56.4 Å². The van der Waals surface area contributed by atoms with E-state index in [1.165, 1.54) is 56.2 Å². The van der Waals surface area contributed by atoms with Crippen molar-refractivity contribution in [1.82, 2.24) is 4.90 Å². The maximum atomic E-state index is 9.91. The minimum absolute atomic E-state index is 0.303. The van der Waals surface area contributed by atoms with Gasteiger partial charge in [0.05, 0.1) is 6.42 Å². The highest BCUT2D eigenvalue weighted by Gasteiger charge is 2.52. The number of aromatic hydroxyl groups is 1. The molecule has 3 aliphatic rings. The first-order chi connectivity index (χ1) is 13.2. The number of carbonyl (C=O) groups is 2. The number of aliphatic carboxylic acids is 2. The highest BCUT2D eigenvalue weighted by atomic mass is 16.4. The number of hydrogen-bond donors (Lipinski definition) is 3. The molecule has 1 aromatic carbocycles. The lowest BCUT2D eigenvalue weighted by atomic mass is 9.52. The molecule has 1 heterocycles. The largest absolute Gasteiger partial charge is 0.508 e. The molecule has 152 valence electrons. The molecule has 1 aromatic rings. The molecule has 1 saturated carbocycles. The van der Waals surface area contributed by atoms with Gasteiger partial charge in [0, 0.05) is 17.0 Å². The number of carboxylic acids is 2. The minimum Gasteiger partial charge on any atom is -0.508 e. The van der Waals surface area contributed by atoms with E-state index in [1.54, 1.807) is 0 Å². The number of phenolic OH excluding ortho intramolecular Hbond substituents is 1. The Morgan fingerprint density at radius 1 is 1.25 bits per heavy atom. The van der Waals surface area contributed by atoms with Gasteiger partial charge in [-0.2, -0.15) is 0 Å². The van der Waals surface area contributed by atoms with Gasteiger partial charge in [-0.1, -0.05) is 25.5 Å². The zero-order valence-electron chi connectivity index (χ0n) is 16.4. The number of likely N-dealkylation sites (N-methyl/N-ethyl adjacent to an activating group) is 1. The van der Waals surface area contributed by atoms with Gasteiger partial charge in [-0.3, -0.25) is 4.79 Å². The first-order valence-corrected chi connectivity index (χ1v) is 9.90. The Bertz CT molecular complexity index is 789. The molecule has 0 unspecified atom stereocenters. The Morgan fingerprint density at radius 2 is 2.00 bits per heavy atom. The second-order valence-corrected chi connectivity index (χ2v) is 8.33. The third-order valence-electron chi connectivity index (χ3n) is 6.77. The number of piperidine rings is 1. The number of fused-ring (bicyclic) bond motifs is 1. The van der Waals surface area contributed by atoms with E-state index in [4.69, 9.17) is 10.2 Å².